The van der Waals surface area contributed by atoms with E-state index in [0.717, 1.165) is 17.7 Å². The zero-order valence-corrected chi connectivity index (χ0v) is 23.2. The van der Waals surface area contributed by atoms with Crippen LogP contribution in [-0.4, -0.2) is 76.9 Å². The van der Waals surface area contributed by atoms with Crippen LogP contribution in [-0.2, 0) is 26.9 Å². The second-order valence-electron chi connectivity index (χ2n) is 11.0. The quantitative estimate of drug-likeness (QED) is 0.539. The largest absolute Gasteiger partial charge is 0.475 e. The molecule has 1 fully saturated rings. The number of halogens is 3. The number of aromatic nitrogens is 1. The Morgan fingerprint density at radius 2 is 1.80 bits per heavy atom. The van der Waals surface area contributed by atoms with Gasteiger partial charge in [-0.15, -0.1) is 0 Å². The van der Waals surface area contributed by atoms with E-state index in [1.807, 2.05) is 30.3 Å². The van der Waals surface area contributed by atoms with Gasteiger partial charge in [-0.3, -0.25) is 9.59 Å². The summed E-state index contributed by atoms with van der Waals surface area (Å²) in [6.45, 7) is 4.62. The van der Waals surface area contributed by atoms with Crippen molar-refractivity contribution in [2.24, 2.45) is 10.5 Å². The number of nitrogens with zero attached hydrogens (tertiary/aromatic N) is 4. The van der Waals surface area contributed by atoms with Crippen molar-refractivity contribution in [3.63, 3.8) is 0 Å². The first-order valence-corrected chi connectivity index (χ1v) is 13.0. The molecule has 3 amide bonds. The van der Waals surface area contributed by atoms with E-state index >= 15 is 0 Å². The lowest BCUT2D eigenvalue weighted by Gasteiger charge is -2.40. The molecule has 0 saturated carbocycles. The molecular formula is C28H32F3N5O5. The summed E-state index contributed by atoms with van der Waals surface area (Å²) in [7, 11) is 1.56. The smallest absolute Gasteiger partial charge is 0.433 e. The Morgan fingerprint density at radius 1 is 1.10 bits per heavy atom. The zero-order valence-electron chi connectivity index (χ0n) is 23.2. The molecule has 220 valence electrons. The summed E-state index contributed by atoms with van der Waals surface area (Å²) in [5.74, 6) is -1.21. The highest BCUT2D eigenvalue weighted by Crippen LogP contribution is 2.38. The molecule has 41 heavy (non-hydrogen) atoms. The maximum absolute atomic E-state index is 13.8. The first-order chi connectivity index (χ1) is 19.2. The van der Waals surface area contributed by atoms with Crippen molar-refractivity contribution in [1.29, 1.82) is 0 Å². The summed E-state index contributed by atoms with van der Waals surface area (Å²) in [5.41, 5.74) is -1.57. The van der Waals surface area contributed by atoms with Gasteiger partial charge in [0.1, 0.15) is 29.4 Å². The van der Waals surface area contributed by atoms with E-state index in [1.54, 1.807) is 27.8 Å². The highest BCUT2D eigenvalue weighted by molar-refractivity contribution is 6.13. The predicted molar refractivity (Wildman–Crippen MR) is 142 cm³/mol. The van der Waals surface area contributed by atoms with Crippen LogP contribution < -0.4 is 10.1 Å². The molecule has 0 radical (unpaired) electrons. The van der Waals surface area contributed by atoms with Crippen molar-refractivity contribution in [3.05, 3.63) is 59.8 Å². The number of hydrazone groups is 1. The molecule has 0 unspecified atom stereocenters. The van der Waals surface area contributed by atoms with Crippen molar-refractivity contribution in [2.75, 3.05) is 26.7 Å². The van der Waals surface area contributed by atoms with Crippen molar-refractivity contribution >= 4 is 23.6 Å². The minimum absolute atomic E-state index is 0.00293. The van der Waals surface area contributed by atoms with Gasteiger partial charge in [-0.05, 0) is 38.8 Å². The number of benzene rings is 1. The van der Waals surface area contributed by atoms with Gasteiger partial charge < -0.3 is 19.7 Å². The van der Waals surface area contributed by atoms with Gasteiger partial charge in [0.25, 0.3) is 5.91 Å². The molecule has 2 aliphatic heterocycles. The lowest BCUT2D eigenvalue weighted by Crippen LogP contribution is -2.60. The summed E-state index contributed by atoms with van der Waals surface area (Å²) in [4.78, 5) is 44.8. The molecule has 0 aliphatic carbocycles. The topological polar surface area (TPSA) is 113 Å². The monoisotopic (exact) mass is 575 g/mol. The SMILES string of the molecule is CN1N=C2CCN(C(=O)[C@@H](COc3cccc(C(F)(F)F)n3)NC(=O)OC(C)(C)C)C[C@@]2(Cc2ccccc2)C1=O. The number of alkyl carbamates (subject to hydrolysis) is 1. The number of ether oxygens (including phenoxy) is 2. The molecule has 1 saturated heterocycles. The van der Waals surface area contributed by atoms with Gasteiger partial charge in [0.05, 0.1) is 5.71 Å². The van der Waals surface area contributed by atoms with E-state index in [0.29, 0.717) is 18.6 Å². The first-order valence-electron chi connectivity index (χ1n) is 13.0. The van der Waals surface area contributed by atoms with Crippen LogP contribution in [0.3, 0.4) is 0 Å². The number of carbonyl (C=O) groups excluding carboxylic acids is 3. The van der Waals surface area contributed by atoms with E-state index < -0.39 is 47.5 Å². The van der Waals surface area contributed by atoms with E-state index in [2.05, 4.69) is 15.4 Å². The summed E-state index contributed by atoms with van der Waals surface area (Å²) >= 11 is 0. The number of likely N-dealkylation sites (tertiary alicyclic amines) is 1. The Morgan fingerprint density at radius 3 is 2.46 bits per heavy atom. The lowest BCUT2D eigenvalue weighted by molar-refractivity contribution is -0.142. The molecule has 2 atom stereocenters. The number of alkyl halides is 3. The van der Waals surface area contributed by atoms with Crippen molar-refractivity contribution in [3.8, 4) is 5.88 Å². The molecule has 1 aromatic heterocycles. The summed E-state index contributed by atoms with van der Waals surface area (Å²) in [5, 5.41) is 8.20. The molecule has 13 heteroatoms. The summed E-state index contributed by atoms with van der Waals surface area (Å²) in [6, 6.07) is 11.2. The van der Waals surface area contributed by atoms with Crippen LogP contribution in [0, 0.1) is 5.41 Å². The van der Waals surface area contributed by atoms with E-state index in [4.69, 9.17) is 9.47 Å². The Hall–Kier alpha value is -4.16. The first kappa shape index (κ1) is 29.8. The van der Waals surface area contributed by atoms with E-state index in [9.17, 15) is 27.6 Å². The zero-order chi connectivity index (χ0) is 30.0. The number of hydrogen-bond donors (Lipinski definition) is 1. The molecule has 1 aromatic carbocycles. The number of piperidine rings is 1. The predicted octanol–water partition coefficient (Wildman–Crippen LogP) is 3.66. The van der Waals surface area contributed by atoms with E-state index in [1.165, 1.54) is 16.0 Å². The molecule has 0 bridgehead atoms. The van der Waals surface area contributed by atoms with Crippen LogP contribution >= 0.6 is 0 Å². The maximum Gasteiger partial charge on any atom is 0.433 e. The number of carbonyl (C=O) groups is 3. The Balaban J connectivity index is 1.58. The van der Waals surface area contributed by atoms with Crippen molar-refractivity contribution < 1.29 is 37.0 Å². The molecular weight excluding hydrogens is 543 g/mol. The average Bonchev–Trinajstić information content (AvgIpc) is 3.14. The van der Waals surface area contributed by atoms with E-state index in [-0.39, 0.29) is 24.9 Å². The van der Waals surface area contributed by atoms with Gasteiger partial charge in [0.2, 0.25) is 11.8 Å². The fourth-order valence-corrected chi connectivity index (χ4v) is 4.88. The maximum atomic E-state index is 13.8. The number of pyridine rings is 1. The third kappa shape index (κ3) is 6.95. The number of rotatable bonds is 7. The van der Waals surface area contributed by atoms with Gasteiger partial charge in [-0.25, -0.2) is 14.8 Å². The van der Waals surface area contributed by atoms with Gasteiger partial charge in [-0.1, -0.05) is 36.4 Å². The van der Waals surface area contributed by atoms with Gasteiger partial charge in [-0.2, -0.15) is 18.3 Å². The summed E-state index contributed by atoms with van der Waals surface area (Å²) in [6.07, 6.45) is -4.96. The second-order valence-corrected chi connectivity index (χ2v) is 11.0. The fourth-order valence-electron chi connectivity index (χ4n) is 4.88. The number of fused-ring (bicyclic) bond motifs is 1. The Bertz CT molecular complexity index is 1330. The summed E-state index contributed by atoms with van der Waals surface area (Å²) < 4.78 is 50.2. The van der Waals surface area contributed by atoms with Crippen LogP contribution in [0.25, 0.3) is 0 Å². The number of amides is 3. The molecule has 2 aliphatic rings. The number of nitrogens with one attached hydrogen (secondary N) is 1. The van der Waals surface area contributed by atoms with Crippen LogP contribution in [0.15, 0.2) is 53.6 Å². The third-order valence-corrected chi connectivity index (χ3v) is 6.67. The minimum Gasteiger partial charge on any atom is -0.475 e. The molecule has 3 heterocycles. The van der Waals surface area contributed by atoms with Crippen LogP contribution in [0.4, 0.5) is 18.0 Å². The van der Waals surface area contributed by atoms with Crippen LogP contribution in [0.5, 0.6) is 5.88 Å². The lowest BCUT2D eigenvalue weighted by atomic mass is 9.73. The normalized spacial score (nSPS) is 19.8. The van der Waals surface area contributed by atoms with Crippen molar-refractivity contribution in [1.82, 2.24) is 20.2 Å². The van der Waals surface area contributed by atoms with Crippen LogP contribution in [0.2, 0.25) is 0 Å². The Labute approximate surface area is 235 Å². The highest BCUT2D eigenvalue weighted by Gasteiger charge is 2.54. The van der Waals surface area contributed by atoms with Gasteiger partial charge in [0, 0.05) is 32.6 Å². The van der Waals surface area contributed by atoms with Crippen molar-refractivity contribution in [2.45, 2.75) is 51.4 Å². The third-order valence-electron chi connectivity index (χ3n) is 6.67. The standard InChI is InChI=1S/C28H32F3N5O5/c1-26(2,3)41-25(39)32-19(16-40-22-12-8-11-21(33-22)28(29,30)31)23(37)36-14-13-20-27(17-36,24(38)35(4)34-20)15-18-9-6-5-7-10-18/h5-12,19H,13-17H2,1-4H3,(H,32,39)/t19-,27-/m1/s1. The number of hydrogen-bond acceptors (Lipinski definition) is 7. The minimum atomic E-state index is -4.69. The molecule has 0 spiro atoms. The molecule has 4 rings (SSSR count). The van der Waals surface area contributed by atoms with Gasteiger partial charge in [0.15, 0.2) is 0 Å². The molecule has 2 aromatic rings. The van der Waals surface area contributed by atoms with Crippen LogP contribution in [0.1, 0.15) is 38.4 Å². The average molecular weight is 576 g/mol. The molecule has 1 N–H and O–H groups in total. The second kappa shape index (κ2) is 11.4. The highest BCUT2D eigenvalue weighted by atomic mass is 19.4. The molecule has 10 nitrogen and oxygen atoms in total. The van der Waals surface area contributed by atoms with Gasteiger partial charge >= 0.3 is 12.3 Å². The fraction of sp³-hybridized carbons (Fsp3) is 0.464. The Kier molecular flexibility index (Phi) is 8.27.